The number of rotatable bonds is 3. The molecule has 1 heterocycles. The van der Waals surface area contributed by atoms with Crippen molar-refractivity contribution in [2.24, 2.45) is 0 Å². The Morgan fingerprint density at radius 2 is 2.60 bits per heavy atom. The molecule has 0 atom stereocenters. The van der Waals surface area contributed by atoms with Gasteiger partial charge in [0.25, 0.3) is 0 Å². The molecule has 0 aromatic carbocycles. The maximum absolute atomic E-state index is 10.5. The Morgan fingerprint density at radius 1 is 1.80 bits per heavy atom. The van der Waals surface area contributed by atoms with Crippen LogP contribution in [0.2, 0.25) is 0 Å². The Labute approximate surface area is 63.9 Å². The second kappa shape index (κ2) is 3.46. The molecule has 0 spiro atoms. The largest absolute Gasteiger partial charge is 0.300 e. The van der Waals surface area contributed by atoms with Gasteiger partial charge < -0.3 is 4.79 Å². The van der Waals surface area contributed by atoms with Gasteiger partial charge in [0, 0.05) is 17.5 Å². The van der Waals surface area contributed by atoms with E-state index in [0.29, 0.717) is 6.42 Å². The van der Waals surface area contributed by atoms with Crippen LogP contribution in [0.1, 0.15) is 18.2 Å². The SMILES string of the molecule is CC(=O)CCc1cncs1. The molecular formula is C7H9NOS. The van der Waals surface area contributed by atoms with Gasteiger partial charge in [-0.1, -0.05) is 0 Å². The van der Waals surface area contributed by atoms with E-state index in [-0.39, 0.29) is 5.78 Å². The van der Waals surface area contributed by atoms with Crippen LogP contribution in [0.4, 0.5) is 0 Å². The molecule has 0 saturated carbocycles. The first kappa shape index (κ1) is 7.41. The third-order valence-electron chi connectivity index (χ3n) is 1.21. The molecule has 0 N–H and O–H groups in total. The van der Waals surface area contributed by atoms with Crippen LogP contribution in [0.5, 0.6) is 0 Å². The molecule has 0 amide bonds. The summed E-state index contributed by atoms with van der Waals surface area (Å²) in [5.74, 6) is 0.244. The summed E-state index contributed by atoms with van der Waals surface area (Å²) in [5.41, 5.74) is 1.79. The van der Waals surface area contributed by atoms with Gasteiger partial charge in [0.1, 0.15) is 5.78 Å². The normalized spacial score (nSPS) is 9.70. The molecule has 1 rings (SSSR count). The first-order chi connectivity index (χ1) is 4.79. The summed E-state index contributed by atoms with van der Waals surface area (Å²) in [4.78, 5) is 15.6. The van der Waals surface area contributed by atoms with Crippen molar-refractivity contribution in [1.29, 1.82) is 0 Å². The van der Waals surface area contributed by atoms with Crippen LogP contribution in [0, 0.1) is 0 Å². The Kier molecular flexibility index (Phi) is 2.57. The van der Waals surface area contributed by atoms with Crippen LogP contribution >= 0.6 is 11.3 Å². The fraction of sp³-hybridized carbons (Fsp3) is 0.429. The number of carbonyl (C=O) groups excluding carboxylic acids is 1. The lowest BCUT2D eigenvalue weighted by Crippen LogP contribution is -1.91. The average molecular weight is 155 g/mol. The molecule has 0 bridgehead atoms. The molecule has 10 heavy (non-hydrogen) atoms. The van der Waals surface area contributed by atoms with Crippen molar-refractivity contribution < 1.29 is 4.79 Å². The Morgan fingerprint density at radius 3 is 3.10 bits per heavy atom. The Balaban J connectivity index is 2.35. The molecule has 54 valence electrons. The van der Waals surface area contributed by atoms with E-state index in [9.17, 15) is 4.79 Å². The third kappa shape index (κ3) is 2.27. The molecule has 0 unspecified atom stereocenters. The zero-order valence-electron chi connectivity index (χ0n) is 5.83. The summed E-state index contributed by atoms with van der Waals surface area (Å²) < 4.78 is 0. The van der Waals surface area contributed by atoms with E-state index in [4.69, 9.17) is 0 Å². The quantitative estimate of drug-likeness (QED) is 0.664. The standard InChI is InChI=1S/C7H9NOS/c1-6(9)2-3-7-4-8-5-10-7/h4-5H,2-3H2,1H3. The molecule has 0 aliphatic heterocycles. The first-order valence-corrected chi connectivity index (χ1v) is 4.04. The van der Waals surface area contributed by atoms with Gasteiger partial charge >= 0.3 is 0 Å². The summed E-state index contributed by atoms with van der Waals surface area (Å²) in [5, 5.41) is 0. The number of carbonyl (C=O) groups is 1. The zero-order chi connectivity index (χ0) is 7.40. The number of hydrogen-bond donors (Lipinski definition) is 0. The number of aromatic nitrogens is 1. The highest BCUT2D eigenvalue weighted by molar-refractivity contribution is 7.09. The predicted molar refractivity (Wildman–Crippen MR) is 41.1 cm³/mol. The van der Waals surface area contributed by atoms with Crippen molar-refractivity contribution in [3.8, 4) is 0 Å². The van der Waals surface area contributed by atoms with Crippen LogP contribution in [-0.4, -0.2) is 10.8 Å². The minimum atomic E-state index is 0.244. The molecule has 0 saturated heterocycles. The van der Waals surface area contributed by atoms with Crippen molar-refractivity contribution in [1.82, 2.24) is 4.98 Å². The number of nitrogens with zero attached hydrogens (tertiary/aromatic N) is 1. The van der Waals surface area contributed by atoms with E-state index < -0.39 is 0 Å². The first-order valence-electron chi connectivity index (χ1n) is 3.16. The predicted octanol–water partition coefficient (Wildman–Crippen LogP) is 1.66. The Hall–Kier alpha value is -0.700. The molecule has 0 aliphatic rings. The summed E-state index contributed by atoms with van der Waals surface area (Å²) in [6.07, 6.45) is 3.30. The van der Waals surface area contributed by atoms with Gasteiger partial charge in [0.2, 0.25) is 0 Å². The molecule has 1 aromatic rings. The molecular weight excluding hydrogens is 146 g/mol. The van der Waals surface area contributed by atoms with E-state index in [2.05, 4.69) is 4.98 Å². The third-order valence-corrected chi connectivity index (χ3v) is 2.05. The topological polar surface area (TPSA) is 30.0 Å². The van der Waals surface area contributed by atoms with Crippen LogP contribution in [0.3, 0.4) is 0 Å². The fourth-order valence-electron chi connectivity index (χ4n) is 0.665. The molecule has 0 radical (unpaired) electrons. The van der Waals surface area contributed by atoms with Crippen molar-refractivity contribution in [2.45, 2.75) is 19.8 Å². The van der Waals surface area contributed by atoms with Crippen molar-refractivity contribution in [3.05, 3.63) is 16.6 Å². The highest BCUT2D eigenvalue weighted by Gasteiger charge is 1.96. The van der Waals surface area contributed by atoms with Crippen molar-refractivity contribution in [3.63, 3.8) is 0 Å². The highest BCUT2D eigenvalue weighted by Crippen LogP contribution is 2.07. The van der Waals surface area contributed by atoms with E-state index in [0.717, 1.165) is 6.42 Å². The summed E-state index contributed by atoms with van der Waals surface area (Å²) in [7, 11) is 0. The van der Waals surface area contributed by atoms with E-state index in [1.165, 1.54) is 4.88 Å². The molecule has 3 heteroatoms. The van der Waals surface area contributed by atoms with Gasteiger partial charge in [-0.3, -0.25) is 4.98 Å². The minimum Gasteiger partial charge on any atom is -0.300 e. The van der Waals surface area contributed by atoms with Gasteiger partial charge in [-0.15, -0.1) is 11.3 Å². The number of Topliss-reactive ketones (excluding diaryl/α,β-unsaturated/α-hetero) is 1. The van der Waals surface area contributed by atoms with Crippen LogP contribution in [0.15, 0.2) is 11.7 Å². The van der Waals surface area contributed by atoms with Gasteiger partial charge in [-0.2, -0.15) is 0 Å². The number of ketones is 1. The maximum Gasteiger partial charge on any atom is 0.130 e. The second-order valence-electron chi connectivity index (χ2n) is 2.17. The van der Waals surface area contributed by atoms with Crippen LogP contribution in [-0.2, 0) is 11.2 Å². The lowest BCUT2D eigenvalue weighted by Gasteiger charge is -1.89. The van der Waals surface area contributed by atoms with Gasteiger partial charge in [-0.25, -0.2) is 0 Å². The van der Waals surface area contributed by atoms with Crippen molar-refractivity contribution in [2.75, 3.05) is 0 Å². The number of hydrogen-bond acceptors (Lipinski definition) is 3. The smallest absolute Gasteiger partial charge is 0.130 e. The van der Waals surface area contributed by atoms with Gasteiger partial charge in [-0.05, 0) is 13.3 Å². The highest BCUT2D eigenvalue weighted by atomic mass is 32.1. The summed E-state index contributed by atoms with van der Waals surface area (Å²) in [6.45, 7) is 1.61. The van der Waals surface area contributed by atoms with Crippen molar-refractivity contribution >= 4 is 17.1 Å². The van der Waals surface area contributed by atoms with Crippen LogP contribution in [0.25, 0.3) is 0 Å². The van der Waals surface area contributed by atoms with Gasteiger partial charge in [0.15, 0.2) is 0 Å². The van der Waals surface area contributed by atoms with E-state index in [1.54, 1.807) is 23.8 Å². The molecule has 2 nitrogen and oxygen atoms in total. The average Bonchev–Trinajstić information content (AvgIpc) is 2.34. The minimum absolute atomic E-state index is 0.244. The van der Waals surface area contributed by atoms with Gasteiger partial charge in [0.05, 0.1) is 5.51 Å². The summed E-state index contributed by atoms with van der Waals surface area (Å²) in [6, 6.07) is 0. The van der Waals surface area contributed by atoms with E-state index in [1.807, 2.05) is 6.20 Å². The summed E-state index contributed by atoms with van der Waals surface area (Å²) >= 11 is 1.60. The molecule has 0 aliphatic carbocycles. The lowest BCUT2D eigenvalue weighted by atomic mass is 10.2. The maximum atomic E-state index is 10.5. The zero-order valence-corrected chi connectivity index (χ0v) is 6.65. The molecule has 1 aromatic heterocycles. The monoisotopic (exact) mass is 155 g/mol. The Bertz CT molecular complexity index is 205. The number of aryl methyl sites for hydroxylation is 1. The fourth-order valence-corrected chi connectivity index (χ4v) is 1.26. The number of thiazole rings is 1. The van der Waals surface area contributed by atoms with E-state index >= 15 is 0 Å². The van der Waals surface area contributed by atoms with Crippen LogP contribution < -0.4 is 0 Å². The molecule has 0 fully saturated rings. The lowest BCUT2D eigenvalue weighted by molar-refractivity contribution is -0.116. The second-order valence-corrected chi connectivity index (χ2v) is 3.14.